The van der Waals surface area contributed by atoms with Crippen molar-refractivity contribution in [1.82, 2.24) is 0 Å². The molecule has 12 fully saturated rings. The van der Waals surface area contributed by atoms with Crippen LogP contribution in [0.2, 0.25) is 0 Å². The SMILES string of the molecule is NOCl.O/N=C1/CC2CC3CC(C2)CC1C3.O=C1C2CC3CC(C2)CC1C3.O=C1CC2CC3CC(C2)CC1C3. The van der Waals surface area contributed by atoms with Crippen LogP contribution in [0.25, 0.3) is 0 Å². The van der Waals surface area contributed by atoms with Gasteiger partial charge in [0, 0.05) is 30.1 Å². The Morgan fingerprint density at radius 1 is 0.564 bits per heavy atom. The summed E-state index contributed by atoms with van der Waals surface area (Å²) in [5, 5.41) is 12.5. The number of hydrogen-bond acceptors (Lipinski definition) is 6. The Hall–Kier alpha value is -0.980. The molecular weight excluding hydrogens is 512 g/mol. The summed E-state index contributed by atoms with van der Waals surface area (Å²) in [4.78, 5) is 23.2. The first-order chi connectivity index (χ1) is 18.9. The maximum atomic E-state index is 11.7. The van der Waals surface area contributed by atoms with Crippen LogP contribution in [0.15, 0.2) is 5.16 Å². The van der Waals surface area contributed by atoms with Crippen LogP contribution in [0.4, 0.5) is 0 Å². The minimum absolute atomic E-state index is 0.487. The molecule has 3 N–H and O–H groups in total. The zero-order valence-corrected chi connectivity index (χ0v) is 24.3. The van der Waals surface area contributed by atoms with Crippen molar-refractivity contribution in [2.24, 2.45) is 82.1 Å². The van der Waals surface area contributed by atoms with Gasteiger partial charge in [-0.15, -0.1) is 0 Å². The summed E-state index contributed by atoms with van der Waals surface area (Å²) in [5.41, 5.74) is 1.12. The van der Waals surface area contributed by atoms with Gasteiger partial charge in [-0.3, -0.25) is 9.59 Å². The van der Waals surface area contributed by atoms with Gasteiger partial charge in [-0.05, 0) is 150 Å². The number of carbonyl (C=O) groups excluding carboxylic acids is 2. The molecule has 0 spiro atoms. The molecule has 12 rings (SSSR count). The van der Waals surface area contributed by atoms with Crippen LogP contribution in [0, 0.1) is 71.0 Å². The quantitative estimate of drug-likeness (QED) is 0.243. The van der Waals surface area contributed by atoms with E-state index >= 15 is 0 Å². The van der Waals surface area contributed by atoms with Crippen LogP contribution < -0.4 is 5.90 Å². The highest BCUT2D eigenvalue weighted by Crippen LogP contribution is 2.52. The fourth-order valence-corrected chi connectivity index (χ4v) is 11.5. The minimum Gasteiger partial charge on any atom is -0.411 e. The number of rotatable bonds is 0. The lowest BCUT2D eigenvalue weighted by atomic mass is 9.56. The molecule has 7 heteroatoms. The smallest absolute Gasteiger partial charge is 0.139 e. The van der Waals surface area contributed by atoms with Gasteiger partial charge in [0.25, 0.3) is 0 Å². The second-order valence-corrected chi connectivity index (χ2v) is 15.4. The molecule has 12 saturated carbocycles. The molecule has 218 valence electrons. The van der Waals surface area contributed by atoms with E-state index in [4.69, 9.17) is 5.21 Å². The van der Waals surface area contributed by atoms with Crippen molar-refractivity contribution in [3.8, 4) is 0 Å². The van der Waals surface area contributed by atoms with Crippen molar-refractivity contribution in [3.63, 3.8) is 0 Å². The van der Waals surface area contributed by atoms with Gasteiger partial charge in [-0.1, -0.05) is 5.16 Å². The zero-order chi connectivity index (χ0) is 27.1. The second kappa shape index (κ2) is 12.1. The summed E-state index contributed by atoms with van der Waals surface area (Å²) in [7, 11) is 0. The number of hydrogen-bond donors (Lipinski definition) is 2. The number of nitrogens with zero attached hydrogens (tertiary/aromatic N) is 1. The average molecular weight is 561 g/mol. The molecule has 0 aliphatic heterocycles. The molecule has 4 unspecified atom stereocenters. The molecule has 0 heterocycles. The normalized spacial score (nSPS) is 48.4. The van der Waals surface area contributed by atoms with Gasteiger partial charge >= 0.3 is 0 Å². The second-order valence-electron chi connectivity index (χ2n) is 15.2. The van der Waals surface area contributed by atoms with Crippen LogP contribution in [0.1, 0.15) is 109 Å². The van der Waals surface area contributed by atoms with Crippen molar-refractivity contribution in [3.05, 3.63) is 0 Å². The third kappa shape index (κ3) is 6.28. The summed E-state index contributed by atoms with van der Waals surface area (Å²) in [5.74, 6) is 14.8. The first-order valence-electron chi connectivity index (χ1n) is 16.1. The number of carbonyl (C=O) groups is 2. The molecule has 0 radical (unpaired) electrons. The zero-order valence-electron chi connectivity index (χ0n) is 23.5. The minimum atomic E-state index is 0.487. The largest absolute Gasteiger partial charge is 0.411 e. The number of nitrogens with two attached hydrogens (primary N) is 1. The van der Waals surface area contributed by atoms with Gasteiger partial charge in [0.1, 0.15) is 11.6 Å². The Balaban J connectivity index is 0.000000102. The van der Waals surface area contributed by atoms with E-state index in [0.29, 0.717) is 35.2 Å². The predicted octanol–water partition coefficient (Wildman–Crippen LogP) is 7.11. The first-order valence-corrected chi connectivity index (χ1v) is 16.5. The van der Waals surface area contributed by atoms with E-state index in [1.165, 1.54) is 96.3 Å². The highest BCUT2D eigenvalue weighted by Gasteiger charge is 2.47. The van der Waals surface area contributed by atoms with E-state index in [-0.39, 0.29) is 0 Å². The Bertz CT molecular complexity index is 881. The summed E-state index contributed by atoms with van der Waals surface area (Å²) in [6.45, 7) is 0. The van der Waals surface area contributed by atoms with E-state index in [1.807, 2.05) is 0 Å². The first kappa shape index (κ1) is 28.2. The molecule has 0 aromatic heterocycles. The third-order valence-corrected chi connectivity index (χ3v) is 12.5. The molecular formula is C32H49ClN2O4. The van der Waals surface area contributed by atoms with Gasteiger partial charge in [-0.25, -0.2) is 0 Å². The number of halogens is 1. The van der Waals surface area contributed by atoms with Crippen LogP contribution in [-0.2, 0) is 14.0 Å². The van der Waals surface area contributed by atoms with E-state index in [9.17, 15) is 9.59 Å². The molecule has 0 aromatic rings. The Labute approximate surface area is 239 Å². The molecule has 12 aliphatic carbocycles. The highest BCUT2D eigenvalue weighted by atomic mass is 35.5. The fourth-order valence-electron chi connectivity index (χ4n) is 11.5. The van der Waals surface area contributed by atoms with Gasteiger partial charge in [-0.2, -0.15) is 10.3 Å². The molecule has 39 heavy (non-hydrogen) atoms. The van der Waals surface area contributed by atoms with Gasteiger partial charge in [0.05, 0.1) is 17.6 Å². The summed E-state index contributed by atoms with van der Waals surface area (Å²) in [6.07, 6.45) is 22.0. The van der Waals surface area contributed by atoms with Gasteiger partial charge in [0.15, 0.2) is 0 Å². The van der Waals surface area contributed by atoms with E-state index < -0.39 is 0 Å². The maximum Gasteiger partial charge on any atom is 0.139 e. The highest BCUT2D eigenvalue weighted by molar-refractivity contribution is 6.07. The standard InChI is InChI=1S/C11H17NO.C11H16O.C10H14O.ClH2NO/c13-12-11-6-9-2-7-1-8(3-9)5-10(11)4-7;12-11-6-9-2-7-1-8(3-9)5-10(11)4-7;11-10-8-2-6-1-7(4-8)5-9(10)3-6;1-3-2/h7-10,13H,1-6H2;7-10H,1-6H2;6-9H,1-5H2;2H2/b12-11-;;;. The van der Waals surface area contributed by atoms with E-state index in [2.05, 4.69) is 27.3 Å². The number of Topliss-reactive ketones (excluding diaryl/α,β-unsaturated/α-hetero) is 2. The monoisotopic (exact) mass is 560 g/mol. The molecule has 6 nitrogen and oxygen atoms in total. The molecule has 0 saturated heterocycles. The summed E-state index contributed by atoms with van der Waals surface area (Å²) in [6, 6.07) is 0. The molecule has 12 bridgehead atoms. The summed E-state index contributed by atoms with van der Waals surface area (Å²) < 4.78 is 3.22. The lowest BCUT2D eigenvalue weighted by Gasteiger charge is -2.48. The predicted molar refractivity (Wildman–Crippen MR) is 151 cm³/mol. The Morgan fingerprint density at radius 3 is 1.33 bits per heavy atom. The van der Waals surface area contributed by atoms with E-state index in [0.717, 1.165) is 65.9 Å². The van der Waals surface area contributed by atoms with Crippen LogP contribution in [0.3, 0.4) is 0 Å². The third-order valence-electron chi connectivity index (χ3n) is 12.5. The van der Waals surface area contributed by atoms with Crippen molar-refractivity contribution in [1.29, 1.82) is 0 Å². The van der Waals surface area contributed by atoms with Gasteiger partial charge in [0.2, 0.25) is 0 Å². The van der Waals surface area contributed by atoms with Crippen molar-refractivity contribution in [2.45, 2.75) is 109 Å². The van der Waals surface area contributed by atoms with E-state index in [1.54, 1.807) is 0 Å². The summed E-state index contributed by atoms with van der Waals surface area (Å²) >= 11 is 4.28. The van der Waals surface area contributed by atoms with Crippen LogP contribution >= 0.6 is 11.9 Å². The number of ketones is 2. The van der Waals surface area contributed by atoms with Crippen LogP contribution in [0.5, 0.6) is 0 Å². The lowest BCUT2D eigenvalue weighted by Crippen LogP contribution is -2.45. The Kier molecular flexibility index (Phi) is 8.73. The average Bonchev–Trinajstić information content (AvgIpc) is 3.20. The maximum absolute atomic E-state index is 11.7. The fraction of sp³-hybridized carbons (Fsp3) is 0.906. The topological polar surface area (TPSA) is 102 Å². The number of oxime groups is 1. The Morgan fingerprint density at radius 2 is 0.897 bits per heavy atom. The molecule has 12 aliphatic rings. The van der Waals surface area contributed by atoms with Crippen LogP contribution in [-0.4, -0.2) is 22.5 Å². The van der Waals surface area contributed by atoms with Crippen molar-refractivity contribution >= 4 is 29.1 Å². The molecule has 0 amide bonds. The van der Waals surface area contributed by atoms with Crippen molar-refractivity contribution in [2.75, 3.05) is 0 Å². The molecule has 4 atom stereocenters. The lowest BCUT2D eigenvalue weighted by molar-refractivity contribution is -0.139. The van der Waals surface area contributed by atoms with Crippen molar-refractivity contribution < 1.29 is 19.2 Å². The number of fused-ring (bicyclic) bond motifs is 2. The molecule has 0 aromatic carbocycles. The van der Waals surface area contributed by atoms with Gasteiger partial charge < -0.3 is 5.21 Å².